The van der Waals surface area contributed by atoms with Crippen LogP contribution in [0.5, 0.6) is 0 Å². The first-order valence-corrected chi connectivity index (χ1v) is 14.0. The molecule has 0 fully saturated rings. The summed E-state index contributed by atoms with van der Waals surface area (Å²) < 4.78 is 31.8. The zero-order valence-electron chi connectivity index (χ0n) is 13.4. The van der Waals surface area contributed by atoms with E-state index in [4.69, 9.17) is 16.3 Å². The molecule has 0 saturated heterocycles. The summed E-state index contributed by atoms with van der Waals surface area (Å²) >= 11 is 8.05. The average molecular weight is 488 g/mol. The van der Waals surface area contributed by atoms with Gasteiger partial charge in [0.15, 0.2) is 5.65 Å². The third kappa shape index (κ3) is 4.88. The first kappa shape index (κ1) is 19.1. The number of nitrogens with zero attached hydrogens (tertiary/aromatic N) is 3. The number of pyridine rings is 1. The highest BCUT2D eigenvalue weighted by molar-refractivity contribution is 14.1. The van der Waals surface area contributed by atoms with Gasteiger partial charge in [0.05, 0.1) is 5.02 Å². The molecule has 2 heterocycles. The molecule has 0 radical (unpaired) electrons. The van der Waals surface area contributed by atoms with Crippen molar-refractivity contribution in [3.05, 3.63) is 14.8 Å². The van der Waals surface area contributed by atoms with Crippen LogP contribution in [0.2, 0.25) is 30.7 Å². The van der Waals surface area contributed by atoms with Gasteiger partial charge in [0, 0.05) is 20.9 Å². The number of hydrogen-bond acceptors (Lipinski definition) is 5. The lowest BCUT2D eigenvalue weighted by Crippen LogP contribution is -2.22. The Bertz CT molecular complexity index is 833. The molecule has 0 amide bonds. The Kier molecular flexibility index (Phi) is 5.77. The van der Waals surface area contributed by atoms with Gasteiger partial charge in [-0.3, -0.25) is 4.57 Å². The molecule has 128 valence electrons. The number of imidazole rings is 1. The van der Waals surface area contributed by atoms with Crippen LogP contribution in [-0.4, -0.2) is 43.9 Å². The largest absolute Gasteiger partial charge is 0.361 e. The van der Waals surface area contributed by atoms with Crippen molar-refractivity contribution in [3.63, 3.8) is 0 Å². The van der Waals surface area contributed by atoms with Gasteiger partial charge in [0.2, 0.25) is 15.0 Å². The third-order valence-electron chi connectivity index (χ3n) is 3.14. The van der Waals surface area contributed by atoms with Gasteiger partial charge in [-0.05, 0) is 34.7 Å². The van der Waals surface area contributed by atoms with Crippen LogP contribution >= 0.6 is 34.2 Å². The number of sulfone groups is 1. The van der Waals surface area contributed by atoms with Crippen molar-refractivity contribution in [1.29, 1.82) is 0 Å². The van der Waals surface area contributed by atoms with Crippen LogP contribution in [0.25, 0.3) is 11.2 Å². The smallest absolute Gasteiger partial charge is 0.231 e. The van der Waals surface area contributed by atoms with Crippen LogP contribution in [0.4, 0.5) is 0 Å². The van der Waals surface area contributed by atoms with Crippen molar-refractivity contribution in [2.24, 2.45) is 0 Å². The minimum atomic E-state index is -3.49. The molecule has 0 N–H and O–H groups in total. The van der Waals surface area contributed by atoms with Gasteiger partial charge in [-0.15, -0.1) is 0 Å². The fourth-order valence-electron chi connectivity index (χ4n) is 1.92. The lowest BCUT2D eigenvalue weighted by molar-refractivity contribution is 0.0834. The van der Waals surface area contributed by atoms with E-state index in [1.807, 2.05) is 22.6 Å². The molecule has 0 atom stereocenters. The quantitative estimate of drug-likeness (QED) is 0.270. The Morgan fingerprint density at radius 2 is 2.00 bits per heavy atom. The van der Waals surface area contributed by atoms with Crippen molar-refractivity contribution in [3.8, 4) is 0 Å². The summed E-state index contributed by atoms with van der Waals surface area (Å²) in [6, 6.07) is 2.63. The summed E-state index contributed by atoms with van der Waals surface area (Å²) in [6.45, 7) is 7.47. The number of aromatic nitrogens is 3. The van der Waals surface area contributed by atoms with E-state index >= 15 is 0 Å². The van der Waals surface area contributed by atoms with E-state index < -0.39 is 17.9 Å². The molecule has 0 aromatic carbocycles. The topological polar surface area (TPSA) is 74.1 Å². The maximum absolute atomic E-state index is 12.0. The van der Waals surface area contributed by atoms with Crippen molar-refractivity contribution in [2.45, 2.75) is 37.6 Å². The molecular weight excluding hydrogens is 469 g/mol. The highest BCUT2D eigenvalue weighted by atomic mass is 127. The normalized spacial score (nSPS) is 13.0. The van der Waals surface area contributed by atoms with Crippen LogP contribution in [0.1, 0.15) is 0 Å². The van der Waals surface area contributed by atoms with E-state index in [0.29, 0.717) is 26.5 Å². The molecule has 0 bridgehead atoms. The molecule has 2 rings (SSSR count). The first-order valence-electron chi connectivity index (χ1n) is 6.99. The molecule has 0 aliphatic heterocycles. The van der Waals surface area contributed by atoms with Gasteiger partial charge in [-0.25, -0.2) is 18.4 Å². The van der Waals surface area contributed by atoms with E-state index in [1.165, 1.54) is 4.57 Å². The molecular formula is C13H19ClIN3O3SSi. The van der Waals surface area contributed by atoms with Gasteiger partial charge in [0.25, 0.3) is 0 Å². The van der Waals surface area contributed by atoms with Crippen molar-refractivity contribution in [2.75, 3.05) is 12.9 Å². The van der Waals surface area contributed by atoms with Crippen molar-refractivity contribution in [1.82, 2.24) is 14.5 Å². The molecule has 0 aliphatic rings. The lowest BCUT2D eigenvalue weighted by atomic mass is 10.4. The zero-order valence-corrected chi connectivity index (χ0v) is 18.2. The predicted octanol–water partition coefficient (Wildman–Crippen LogP) is 3.41. The zero-order chi connectivity index (χ0) is 17.4. The second-order valence-corrected chi connectivity index (χ2v) is 15.5. The Labute approximate surface area is 155 Å². The van der Waals surface area contributed by atoms with E-state index in [1.54, 1.807) is 6.07 Å². The molecule has 0 unspecified atom stereocenters. The fraction of sp³-hybridized carbons (Fsp3) is 0.538. The number of ether oxygens (including phenoxy) is 1. The summed E-state index contributed by atoms with van der Waals surface area (Å²) in [7, 11) is -4.69. The molecule has 0 saturated carbocycles. The molecule has 2 aromatic heterocycles. The SMILES string of the molecule is C[Si](C)(C)CCOCn1c(S(C)(=O)=O)nc2cc(Cl)c(I)nc21. The molecule has 6 nitrogen and oxygen atoms in total. The van der Waals surface area contributed by atoms with Crippen LogP contribution in [0.15, 0.2) is 11.2 Å². The van der Waals surface area contributed by atoms with E-state index in [9.17, 15) is 8.42 Å². The monoisotopic (exact) mass is 487 g/mol. The lowest BCUT2D eigenvalue weighted by Gasteiger charge is -2.16. The summed E-state index contributed by atoms with van der Waals surface area (Å²) in [5, 5.41) is 0.397. The molecule has 23 heavy (non-hydrogen) atoms. The molecule has 0 spiro atoms. The van der Waals surface area contributed by atoms with E-state index in [-0.39, 0.29) is 11.9 Å². The van der Waals surface area contributed by atoms with Crippen LogP contribution in [0.3, 0.4) is 0 Å². The molecule has 0 aliphatic carbocycles. The van der Waals surface area contributed by atoms with Gasteiger partial charge in [-0.2, -0.15) is 0 Å². The second-order valence-electron chi connectivity index (χ2n) is 6.55. The Balaban J connectivity index is 2.37. The highest BCUT2D eigenvalue weighted by Gasteiger charge is 2.22. The Hall–Kier alpha value is -0.233. The van der Waals surface area contributed by atoms with E-state index in [0.717, 1.165) is 12.3 Å². The van der Waals surface area contributed by atoms with Gasteiger partial charge >= 0.3 is 0 Å². The fourth-order valence-corrected chi connectivity index (χ4v) is 4.01. The van der Waals surface area contributed by atoms with Crippen LogP contribution in [-0.2, 0) is 21.3 Å². The summed E-state index contributed by atoms with van der Waals surface area (Å²) in [5.41, 5.74) is 0.914. The van der Waals surface area contributed by atoms with Gasteiger partial charge in [-0.1, -0.05) is 31.2 Å². The minimum absolute atomic E-state index is 0.0499. The van der Waals surface area contributed by atoms with Crippen molar-refractivity contribution >= 4 is 63.3 Å². The number of halogens is 2. The second kappa shape index (κ2) is 6.94. The van der Waals surface area contributed by atoms with Crippen LogP contribution < -0.4 is 0 Å². The molecule has 10 heteroatoms. The maximum Gasteiger partial charge on any atom is 0.231 e. The standard InChI is InChI=1S/C13H19ClIN3O3SSi/c1-22(19,20)13-16-10-7-9(14)11(15)17-12(10)18(13)8-21-5-6-23(2,3)4/h7H,5-6,8H2,1-4H3. The summed E-state index contributed by atoms with van der Waals surface area (Å²) in [5.74, 6) is 0. The summed E-state index contributed by atoms with van der Waals surface area (Å²) in [4.78, 5) is 8.52. The maximum atomic E-state index is 12.0. The average Bonchev–Trinajstić information content (AvgIpc) is 2.72. The number of rotatable bonds is 6. The first-order chi connectivity index (χ1) is 10.5. The molecule has 2 aromatic rings. The van der Waals surface area contributed by atoms with Crippen LogP contribution in [0, 0.1) is 3.70 Å². The predicted molar refractivity (Wildman–Crippen MR) is 102 cm³/mol. The van der Waals surface area contributed by atoms with Crippen molar-refractivity contribution < 1.29 is 13.2 Å². The Morgan fingerprint density at radius 3 is 2.57 bits per heavy atom. The van der Waals surface area contributed by atoms with E-state index in [2.05, 4.69) is 29.6 Å². The third-order valence-corrected chi connectivity index (χ3v) is 7.25. The van der Waals surface area contributed by atoms with Gasteiger partial charge < -0.3 is 4.74 Å². The Morgan fingerprint density at radius 1 is 1.35 bits per heavy atom. The minimum Gasteiger partial charge on any atom is -0.361 e. The number of hydrogen-bond donors (Lipinski definition) is 0. The van der Waals surface area contributed by atoms with Gasteiger partial charge in [0.1, 0.15) is 15.9 Å². The number of fused-ring (bicyclic) bond motifs is 1. The highest BCUT2D eigenvalue weighted by Crippen LogP contribution is 2.24. The summed E-state index contributed by atoms with van der Waals surface area (Å²) in [6.07, 6.45) is 1.12.